The van der Waals surface area contributed by atoms with Crippen molar-refractivity contribution in [3.8, 4) is 6.07 Å². The van der Waals surface area contributed by atoms with Crippen LogP contribution in [0.15, 0.2) is 34.5 Å². The molecule has 0 aliphatic carbocycles. The molecular formula is C19H20N4O4S2. The number of hydrogen-bond acceptors (Lipinski definition) is 7. The first-order valence-corrected chi connectivity index (χ1v) is 11.5. The van der Waals surface area contributed by atoms with E-state index in [1.54, 1.807) is 0 Å². The number of carbonyl (C=O) groups excluding carboxylic acids is 2. The van der Waals surface area contributed by atoms with Gasteiger partial charge in [0.1, 0.15) is 15.1 Å². The molecular weight excluding hydrogens is 412 g/mol. The molecule has 152 valence electrons. The predicted molar refractivity (Wildman–Crippen MR) is 109 cm³/mol. The number of sulfone groups is 1. The largest absolute Gasteiger partial charge is 0.366 e. The highest BCUT2D eigenvalue weighted by molar-refractivity contribution is 7.93. The van der Waals surface area contributed by atoms with Crippen LogP contribution in [0.2, 0.25) is 0 Å². The first kappa shape index (κ1) is 21.0. The molecule has 1 aliphatic rings. The smallest absolute Gasteiger partial charge is 0.256 e. The van der Waals surface area contributed by atoms with Crippen LogP contribution in [0.4, 0.5) is 5.00 Å². The van der Waals surface area contributed by atoms with Gasteiger partial charge in [0.2, 0.25) is 9.84 Å². The Labute approximate surface area is 172 Å². The lowest BCUT2D eigenvalue weighted by Crippen LogP contribution is -2.34. The maximum atomic E-state index is 12.8. The summed E-state index contributed by atoms with van der Waals surface area (Å²) < 4.78 is 25.6. The Morgan fingerprint density at radius 2 is 1.83 bits per heavy atom. The highest BCUT2D eigenvalue weighted by atomic mass is 32.2. The van der Waals surface area contributed by atoms with E-state index in [0.29, 0.717) is 5.56 Å². The molecule has 0 atom stereocenters. The molecule has 0 unspecified atom stereocenters. The van der Waals surface area contributed by atoms with E-state index >= 15 is 0 Å². The van der Waals surface area contributed by atoms with Gasteiger partial charge < -0.3 is 11.1 Å². The molecule has 2 heterocycles. The molecule has 1 aliphatic heterocycles. The minimum atomic E-state index is -3.66. The number of nitrogens with zero attached hydrogens (tertiary/aromatic N) is 2. The van der Waals surface area contributed by atoms with Crippen molar-refractivity contribution in [3.63, 3.8) is 0 Å². The number of nitrogens with one attached hydrogen (secondary N) is 1. The maximum Gasteiger partial charge on any atom is 0.256 e. The van der Waals surface area contributed by atoms with Crippen LogP contribution >= 0.6 is 11.3 Å². The van der Waals surface area contributed by atoms with Gasteiger partial charge in [-0.05, 0) is 56.3 Å². The number of primary amides is 1. The SMILES string of the molecule is N#Cc1ccc(C(=O)Nc2sc(S(=O)(=O)CN3CCCCC3)cc2C(N)=O)cc1. The number of thiophene rings is 1. The van der Waals surface area contributed by atoms with Gasteiger partial charge in [-0.1, -0.05) is 6.42 Å². The third kappa shape index (κ3) is 5.00. The minimum absolute atomic E-state index is 0.00741. The van der Waals surface area contributed by atoms with Crippen LogP contribution < -0.4 is 11.1 Å². The lowest BCUT2D eigenvalue weighted by atomic mass is 10.1. The van der Waals surface area contributed by atoms with Crippen molar-refractivity contribution in [2.24, 2.45) is 5.73 Å². The third-order valence-corrected chi connectivity index (χ3v) is 7.88. The molecule has 0 spiro atoms. The quantitative estimate of drug-likeness (QED) is 0.719. The van der Waals surface area contributed by atoms with Crippen LogP contribution in [0.5, 0.6) is 0 Å². The van der Waals surface area contributed by atoms with Crippen LogP contribution in [-0.4, -0.2) is 44.1 Å². The Balaban J connectivity index is 1.83. The van der Waals surface area contributed by atoms with Gasteiger partial charge in [0.05, 0.1) is 17.2 Å². The van der Waals surface area contributed by atoms with E-state index in [2.05, 4.69) is 5.32 Å². The predicted octanol–water partition coefficient (Wildman–Crippen LogP) is 2.19. The van der Waals surface area contributed by atoms with Gasteiger partial charge in [-0.2, -0.15) is 5.26 Å². The summed E-state index contributed by atoms with van der Waals surface area (Å²) in [4.78, 5) is 26.1. The number of carbonyl (C=O) groups is 2. The summed E-state index contributed by atoms with van der Waals surface area (Å²) in [7, 11) is -3.66. The van der Waals surface area contributed by atoms with Crippen molar-refractivity contribution in [2.75, 3.05) is 24.3 Å². The molecule has 3 rings (SSSR count). The first-order chi connectivity index (χ1) is 13.8. The van der Waals surface area contributed by atoms with Gasteiger partial charge in [-0.15, -0.1) is 11.3 Å². The molecule has 0 saturated carbocycles. The van der Waals surface area contributed by atoms with Gasteiger partial charge >= 0.3 is 0 Å². The number of nitriles is 1. The molecule has 1 saturated heterocycles. The standard InChI is InChI=1S/C19H20N4O4S2/c20-11-13-4-6-14(7-5-13)18(25)22-19-15(17(21)24)10-16(28-19)29(26,27)12-23-8-2-1-3-9-23/h4-7,10H,1-3,8-9,12H2,(H2,21,24)(H,22,25). The zero-order valence-electron chi connectivity index (χ0n) is 15.6. The molecule has 1 aromatic heterocycles. The van der Waals surface area contributed by atoms with E-state index in [1.165, 1.54) is 30.3 Å². The van der Waals surface area contributed by atoms with Crippen molar-refractivity contribution in [1.29, 1.82) is 5.26 Å². The second-order valence-electron chi connectivity index (χ2n) is 6.74. The number of likely N-dealkylation sites (tertiary alicyclic amines) is 1. The number of amides is 2. The van der Waals surface area contributed by atoms with Crippen LogP contribution in [0.3, 0.4) is 0 Å². The number of nitrogens with two attached hydrogens (primary N) is 1. The Kier molecular flexibility index (Phi) is 6.32. The Morgan fingerprint density at radius 1 is 1.17 bits per heavy atom. The average Bonchev–Trinajstić information content (AvgIpc) is 3.13. The molecule has 3 N–H and O–H groups in total. The minimum Gasteiger partial charge on any atom is -0.366 e. The van der Waals surface area contributed by atoms with Gasteiger partial charge in [0.15, 0.2) is 0 Å². The fourth-order valence-corrected chi connectivity index (χ4v) is 5.93. The van der Waals surface area contributed by atoms with Gasteiger partial charge in [0.25, 0.3) is 11.8 Å². The number of benzene rings is 1. The summed E-state index contributed by atoms with van der Waals surface area (Å²) in [6.07, 6.45) is 3.00. The summed E-state index contributed by atoms with van der Waals surface area (Å²) >= 11 is 0.814. The summed E-state index contributed by atoms with van der Waals surface area (Å²) in [5.74, 6) is -1.48. The van der Waals surface area contributed by atoms with Gasteiger partial charge in [0, 0.05) is 5.56 Å². The lowest BCUT2D eigenvalue weighted by Gasteiger charge is -2.25. The van der Waals surface area contributed by atoms with E-state index in [1.807, 2.05) is 11.0 Å². The fraction of sp³-hybridized carbons (Fsp3) is 0.316. The van der Waals surface area contributed by atoms with Crippen molar-refractivity contribution >= 4 is 38.0 Å². The summed E-state index contributed by atoms with van der Waals surface area (Å²) in [5, 5.41) is 11.5. The molecule has 2 amide bonds. The Morgan fingerprint density at radius 3 is 2.41 bits per heavy atom. The van der Waals surface area contributed by atoms with Crippen LogP contribution in [0, 0.1) is 11.3 Å². The molecule has 10 heteroatoms. The Hall–Kier alpha value is -2.74. The molecule has 2 aromatic rings. The molecule has 1 fully saturated rings. The summed E-state index contributed by atoms with van der Waals surface area (Å²) in [6, 6.07) is 9.11. The van der Waals surface area contributed by atoms with Crippen molar-refractivity contribution < 1.29 is 18.0 Å². The zero-order chi connectivity index (χ0) is 21.0. The van der Waals surface area contributed by atoms with Crippen molar-refractivity contribution in [2.45, 2.75) is 23.5 Å². The second kappa shape index (κ2) is 8.73. The van der Waals surface area contributed by atoms with Crippen LogP contribution in [0.25, 0.3) is 0 Å². The third-order valence-electron chi connectivity index (χ3n) is 4.59. The molecule has 29 heavy (non-hydrogen) atoms. The van der Waals surface area contributed by atoms with E-state index in [9.17, 15) is 18.0 Å². The highest BCUT2D eigenvalue weighted by Crippen LogP contribution is 2.33. The topological polar surface area (TPSA) is 133 Å². The molecule has 8 nitrogen and oxygen atoms in total. The number of hydrogen-bond donors (Lipinski definition) is 2. The van der Waals surface area contributed by atoms with E-state index < -0.39 is 21.7 Å². The second-order valence-corrected chi connectivity index (χ2v) is 9.98. The molecule has 0 radical (unpaired) electrons. The van der Waals surface area contributed by atoms with Gasteiger partial charge in [-0.25, -0.2) is 8.42 Å². The summed E-state index contributed by atoms with van der Waals surface area (Å²) in [6.45, 7) is 1.44. The number of rotatable bonds is 6. The molecule has 1 aromatic carbocycles. The van der Waals surface area contributed by atoms with Crippen molar-refractivity contribution in [1.82, 2.24) is 4.90 Å². The van der Waals surface area contributed by atoms with E-state index in [0.717, 1.165) is 43.7 Å². The highest BCUT2D eigenvalue weighted by Gasteiger charge is 2.26. The number of anilines is 1. The fourth-order valence-electron chi connectivity index (χ4n) is 3.06. The van der Waals surface area contributed by atoms with Crippen LogP contribution in [-0.2, 0) is 9.84 Å². The molecule has 0 bridgehead atoms. The maximum absolute atomic E-state index is 12.8. The average molecular weight is 433 g/mol. The first-order valence-electron chi connectivity index (χ1n) is 9.00. The van der Waals surface area contributed by atoms with E-state index in [-0.39, 0.29) is 26.2 Å². The normalized spacial score (nSPS) is 14.9. The van der Waals surface area contributed by atoms with E-state index in [4.69, 9.17) is 11.0 Å². The lowest BCUT2D eigenvalue weighted by molar-refractivity contribution is 0.100. The summed E-state index contributed by atoms with van der Waals surface area (Å²) in [5.41, 5.74) is 6.01. The van der Waals surface area contributed by atoms with Gasteiger partial charge in [-0.3, -0.25) is 14.5 Å². The van der Waals surface area contributed by atoms with Crippen LogP contribution in [0.1, 0.15) is 45.5 Å². The monoisotopic (exact) mass is 432 g/mol. The number of piperidine rings is 1. The zero-order valence-corrected chi connectivity index (χ0v) is 17.2. The Bertz CT molecular complexity index is 1060. The van der Waals surface area contributed by atoms with Crippen molar-refractivity contribution in [3.05, 3.63) is 47.0 Å².